The van der Waals surface area contributed by atoms with E-state index in [1.54, 1.807) is 7.05 Å². The molecule has 1 aliphatic carbocycles. The summed E-state index contributed by atoms with van der Waals surface area (Å²) in [5, 5.41) is 7.97. The fourth-order valence-corrected chi connectivity index (χ4v) is 4.36. The number of guanidine groups is 1. The average Bonchev–Trinajstić information content (AvgIpc) is 3.46. The van der Waals surface area contributed by atoms with Crippen molar-refractivity contribution in [1.29, 1.82) is 0 Å². The standard InChI is InChI=1S/C22H30N4O2/c1-23-22(24-12-10-19-14-17-8-4-5-9-20(17)28-19)25-18-11-13-26(15-18)21(27)16-6-2-3-7-16/h4-5,8-9,14,16,18H,2-3,6-7,10-13,15H2,1H3,(H2,23,24,25). The average molecular weight is 383 g/mol. The molecule has 4 rings (SSSR count). The van der Waals surface area contributed by atoms with Crippen molar-refractivity contribution in [2.75, 3.05) is 26.7 Å². The molecule has 1 saturated carbocycles. The Bertz CT molecular complexity index is 805. The number of hydrogen-bond acceptors (Lipinski definition) is 3. The third-order valence-electron chi connectivity index (χ3n) is 5.91. The lowest BCUT2D eigenvalue weighted by Gasteiger charge is -2.21. The highest BCUT2D eigenvalue weighted by Gasteiger charge is 2.32. The van der Waals surface area contributed by atoms with Crippen molar-refractivity contribution in [1.82, 2.24) is 15.5 Å². The van der Waals surface area contributed by atoms with Crippen LogP contribution in [-0.4, -0.2) is 49.5 Å². The first-order chi connectivity index (χ1) is 13.7. The van der Waals surface area contributed by atoms with E-state index in [-0.39, 0.29) is 12.0 Å². The Morgan fingerprint density at radius 1 is 1.25 bits per heavy atom. The number of para-hydroxylation sites is 1. The quantitative estimate of drug-likeness (QED) is 0.616. The Balaban J connectivity index is 1.23. The summed E-state index contributed by atoms with van der Waals surface area (Å²) in [5.74, 6) is 2.38. The van der Waals surface area contributed by atoms with E-state index in [4.69, 9.17) is 4.42 Å². The third-order valence-corrected chi connectivity index (χ3v) is 5.91. The van der Waals surface area contributed by atoms with Gasteiger partial charge >= 0.3 is 0 Å². The van der Waals surface area contributed by atoms with Gasteiger partial charge < -0.3 is 20.0 Å². The van der Waals surface area contributed by atoms with Crippen LogP contribution in [-0.2, 0) is 11.2 Å². The van der Waals surface area contributed by atoms with Gasteiger partial charge in [-0.1, -0.05) is 31.0 Å². The zero-order chi connectivity index (χ0) is 19.3. The van der Waals surface area contributed by atoms with Gasteiger partial charge in [-0.15, -0.1) is 0 Å². The Hall–Kier alpha value is -2.50. The molecular formula is C22H30N4O2. The summed E-state index contributed by atoms with van der Waals surface area (Å²) in [7, 11) is 1.78. The van der Waals surface area contributed by atoms with Crippen molar-refractivity contribution in [3.8, 4) is 0 Å². The van der Waals surface area contributed by atoms with Crippen LogP contribution in [0.1, 0.15) is 37.9 Å². The molecule has 2 heterocycles. The Morgan fingerprint density at radius 3 is 2.86 bits per heavy atom. The van der Waals surface area contributed by atoms with Crippen LogP contribution in [0.3, 0.4) is 0 Å². The van der Waals surface area contributed by atoms with Crippen molar-refractivity contribution >= 4 is 22.8 Å². The van der Waals surface area contributed by atoms with Crippen LogP contribution in [0.5, 0.6) is 0 Å². The van der Waals surface area contributed by atoms with Crippen LogP contribution in [0.2, 0.25) is 0 Å². The van der Waals surface area contributed by atoms with Crippen molar-refractivity contribution < 1.29 is 9.21 Å². The molecule has 0 bridgehead atoms. The maximum absolute atomic E-state index is 12.6. The number of nitrogens with one attached hydrogen (secondary N) is 2. The monoisotopic (exact) mass is 382 g/mol. The van der Waals surface area contributed by atoms with Crippen molar-refractivity contribution in [2.45, 2.75) is 44.6 Å². The molecule has 6 heteroatoms. The van der Waals surface area contributed by atoms with E-state index < -0.39 is 0 Å². The second-order valence-electron chi connectivity index (χ2n) is 7.90. The number of furan rings is 1. The smallest absolute Gasteiger partial charge is 0.225 e. The highest BCUT2D eigenvalue weighted by molar-refractivity contribution is 5.81. The lowest BCUT2D eigenvalue weighted by Crippen LogP contribution is -2.45. The number of rotatable bonds is 5. The number of aliphatic imine (C=N–C) groups is 1. The molecular weight excluding hydrogens is 352 g/mol. The number of carbonyl (C=O) groups is 1. The Kier molecular flexibility index (Phi) is 5.84. The summed E-state index contributed by atoms with van der Waals surface area (Å²) in [6.45, 7) is 2.37. The number of likely N-dealkylation sites (tertiary alicyclic amines) is 1. The lowest BCUT2D eigenvalue weighted by molar-refractivity contribution is -0.134. The normalized spacial score (nSPS) is 20.8. The first kappa shape index (κ1) is 18.8. The SMILES string of the molecule is CN=C(NCCc1cc2ccccc2o1)NC1CCN(C(=O)C2CCCC2)C1. The largest absolute Gasteiger partial charge is 0.461 e. The predicted octanol–water partition coefficient (Wildman–Crippen LogP) is 2.93. The number of carbonyl (C=O) groups excluding carboxylic acids is 1. The van der Waals surface area contributed by atoms with Crippen molar-refractivity contribution in [3.05, 3.63) is 36.1 Å². The summed E-state index contributed by atoms with van der Waals surface area (Å²) < 4.78 is 5.86. The second kappa shape index (κ2) is 8.67. The molecule has 1 unspecified atom stereocenters. The summed E-state index contributed by atoms with van der Waals surface area (Å²) in [6, 6.07) is 10.4. The van der Waals surface area contributed by atoms with Gasteiger partial charge in [0.25, 0.3) is 0 Å². The molecule has 1 amide bonds. The van der Waals surface area contributed by atoms with Gasteiger partial charge in [0.1, 0.15) is 11.3 Å². The fraction of sp³-hybridized carbons (Fsp3) is 0.545. The molecule has 1 aliphatic heterocycles. The highest BCUT2D eigenvalue weighted by Crippen LogP contribution is 2.27. The molecule has 150 valence electrons. The minimum absolute atomic E-state index is 0.264. The molecule has 2 aliphatic rings. The molecule has 0 radical (unpaired) electrons. The van der Waals surface area contributed by atoms with Gasteiger partial charge in [-0.3, -0.25) is 9.79 Å². The van der Waals surface area contributed by atoms with Crippen molar-refractivity contribution in [3.63, 3.8) is 0 Å². The van der Waals surface area contributed by atoms with E-state index >= 15 is 0 Å². The molecule has 2 aromatic rings. The summed E-state index contributed by atoms with van der Waals surface area (Å²) in [6.07, 6.45) is 6.31. The molecule has 1 aromatic carbocycles. The molecule has 1 atom stereocenters. The van der Waals surface area contributed by atoms with E-state index in [2.05, 4.69) is 27.8 Å². The van der Waals surface area contributed by atoms with E-state index in [0.29, 0.717) is 5.91 Å². The van der Waals surface area contributed by atoms with Crippen LogP contribution in [0, 0.1) is 5.92 Å². The van der Waals surface area contributed by atoms with Gasteiger partial charge in [0.05, 0.1) is 0 Å². The minimum Gasteiger partial charge on any atom is -0.461 e. The maximum atomic E-state index is 12.6. The van der Waals surface area contributed by atoms with E-state index in [0.717, 1.165) is 68.0 Å². The van der Waals surface area contributed by atoms with Crippen LogP contribution in [0.4, 0.5) is 0 Å². The fourth-order valence-electron chi connectivity index (χ4n) is 4.36. The number of benzene rings is 1. The lowest BCUT2D eigenvalue weighted by atomic mass is 10.1. The molecule has 0 spiro atoms. The van der Waals surface area contributed by atoms with Gasteiger partial charge in [-0.2, -0.15) is 0 Å². The number of fused-ring (bicyclic) bond motifs is 1. The Morgan fingerprint density at radius 2 is 2.07 bits per heavy atom. The van der Waals surface area contributed by atoms with Gasteiger partial charge in [0, 0.05) is 50.4 Å². The number of amides is 1. The molecule has 6 nitrogen and oxygen atoms in total. The summed E-state index contributed by atoms with van der Waals surface area (Å²) >= 11 is 0. The Labute approximate surface area is 166 Å². The van der Waals surface area contributed by atoms with E-state index in [1.165, 1.54) is 12.8 Å². The minimum atomic E-state index is 0.264. The zero-order valence-electron chi connectivity index (χ0n) is 16.6. The van der Waals surface area contributed by atoms with Gasteiger partial charge in [-0.05, 0) is 31.4 Å². The zero-order valence-corrected chi connectivity index (χ0v) is 16.6. The molecule has 1 saturated heterocycles. The molecule has 2 N–H and O–H groups in total. The summed E-state index contributed by atoms with van der Waals surface area (Å²) in [5.41, 5.74) is 0.929. The maximum Gasteiger partial charge on any atom is 0.225 e. The molecule has 2 fully saturated rings. The topological polar surface area (TPSA) is 69.9 Å². The van der Waals surface area contributed by atoms with Gasteiger partial charge in [0.15, 0.2) is 5.96 Å². The van der Waals surface area contributed by atoms with Crippen LogP contribution < -0.4 is 10.6 Å². The third kappa shape index (κ3) is 4.32. The molecule has 1 aromatic heterocycles. The van der Waals surface area contributed by atoms with Crippen LogP contribution in [0.15, 0.2) is 39.7 Å². The first-order valence-corrected chi connectivity index (χ1v) is 10.5. The van der Waals surface area contributed by atoms with Crippen LogP contribution in [0.25, 0.3) is 11.0 Å². The predicted molar refractivity (Wildman–Crippen MR) is 111 cm³/mol. The number of hydrogen-bond donors (Lipinski definition) is 2. The van der Waals surface area contributed by atoms with Crippen molar-refractivity contribution in [2.24, 2.45) is 10.9 Å². The van der Waals surface area contributed by atoms with Gasteiger partial charge in [0.2, 0.25) is 5.91 Å². The molecule has 28 heavy (non-hydrogen) atoms. The van der Waals surface area contributed by atoms with E-state index in [9.17, 15) is 4.79 Å². The first-order valence-electron chi connectivity index (χ1n) is 10.5. The number of nitrogens with zero attached hydrogens (tertiary/aromatic N) is 2. The van der Waals surface area contributed by atoms with E-state index in [1.807, 2.05) is 23.1 Å². The van der Waals surface area contributed by atoms with Crippen LogP contribution >= 0.6 is 0 Å². The highest BCUT2D eigenvalue weighted by atomic mass is 16.3. The summed E-state index contributed by atoms with van der Waals surface area (Å²) in [4.78, 5) is 19.0. The second-order valence-corrected chi connectivity index (χ2v) is 7.90. The van der Waals surface area contributed by atoms with Gasteiger partial charge in [-0.25, -0.2) is 0 Å².